The van der Waals surface area contributed by atoms with Crippen LogP contribution in [0, 0.1) is 11.8 Å². The number of nitrogens with one attached hydrogen (secondary N) is 1. The van der Waals surface area contributed by atoms with Gasteiger partial charge in [0.15, 0.2) is 23.4 Å². The molecule has 2 heterocycles. The first-order valence-corrected chi connectivity index (χ1v) is 11.5. The van der Waals surface area contributed by atoms with E-state index >= 15 is 0 Å². The third-order valence-electron chi connectivity index (χ3n) is 5.78. The zero-order chi connectivity index (χ0) is 27.4. The van der Waals surface area contributed by atoms with Crippen molar-refractivity contribution in [2.75, 3.05) is 19.0 Å². The second-order valence-electron chi connectivity index (χ2n) is 8.10. The van der Waals surface area contributed by atoms with Crippen LogP contribution in [0.4, 0.5) is 5.69 Å². The molecule has 0 fully saturated rings. The normalized spacial score (nSPS) is 17.2. The standard InChI is InChI=1S/C16H12N2O4.C11H9NO4/c1-22-10-5-2-4-9(8-10)18-16(21)12-14(19)11-6-3-7-17-13(11)15(12)20;1-2-16-11(15)7-9(13)6-4-3-5-12-8(6)10(7)14/h2-8,12H,1H3,(H,18,21);3-5,7H,2H2,1H3. The molecule has 1 aromatic carbocycles. The van der Waals surface area contributed by atoms with E-state index in [0.717, 1.165) is 0 Å². The van der Waals surface area contributed by atoms with Gasteiger partial charge in [0, 0.05) is 35.3 Å². The molecule has 0 radical (unpaired) electrons. The number of benzene rings is 1. The van der Waals surface area contributed by atoms with E-state index < -0.39 is 46.8 Å². The third kappa shape index (κ3) is 4.81. The zero-order valence-electron chi connectivity index (χ0n) is 20.3. The van der Waals surface area contributed by atoms with E-state index in [4.69, 9.17) is 4.74 Å². The first kappa shape index (κ1) is 26.0. The Morgan fingerprint density at radius 3 is 1.95 bits per heavy atom. The number of Topliss-reactive ketones (excluding diaryl/α,β-unsaturated/α-hetero) is 4. The van der Waals surface area contributed by atoms with Crippen molar-refractivity contribution in [1.82, 2.24) is 9.97 Å². The topological polar surface area (TPSA) is 159 Å². The zero-order valence-corrected chi connectivity index (χ0v) is 20.3. The molecule has 2 aliphatic rings. The van der Waals surface area contributed by atoms with Gasteiger partial charge in [-0.25, -0.2) is 0 Å². The lowest BCUT2D eigenvalue weighted by molar-refractivity contribution is -0.144. The minimum absolute atomic E-state index is 0.0540. The summed E-state index contributed by atoms with van der Waals surface area (Å²) >= 11 is 0. The van der Waals surface area contributed by atoms with Gasteiger partial charge in [-0.3, -0.25) is 38.7 Å². The number of nitrogens with zero attached hydrogens (tertiary/aromatic N) is 2. The van der Waals surface area contributed by atoms with Gasteiger partial charge in [-0.05, 0) is 43.3 Å². The molecule has 11 nitrogen and oxygen atoms in total. The highest BCUT2D eigenvalue weighted by Gasteiger charge is 2.46. The molecule has 2 unspecified atom stereocenters. The van der Waals surface area contributed by atoms with Gasteiger partial charge in [-0.2, -0.15) is 0 Å². The van der Waals surface area contributed by atoms with Gasteiger partial charge in [0.05, 0.1) is 13.7 Å². The fraction of sp³-hybridized carbons (Fsp3) is 0.185. The van der Waals surface area contributed by atoms with Crippen LogP contribution in [-0.2, 0) is 14.3 Å². The van der Waals surface area contributed by atoms with Crippen LogP contribution < -0.4 is 10.1 Å². The molecule has 1 amide bonds. The van der Waals surface area contributed by atoms with E-state index in [2.05, 4.69) is 20.0 Å². The Hall–Kier alpha value is -5.06. The van der Waals surface area contributed by atoms with Crippen LogP contribution in [0.25, 0.3) is 0 Å². The molecule has 5 rings (SSSR count). The summed E-state index contributed by atoms with van der Waals surface area (Å²) in [4.78, 5) is 79.3. The molecule has 192 valence electrons. The smallest absolute Gasteiger partial charge is 0.324 e. The average molecular weight is 515 g/mol. The molecule has 3 aromatic rings. The monoisotopic (exact) mass is 515 g/mol. The molecule has 38 heavy (non-hydrogen) atoms. The van der Waals surface area contributed by atoms with Crippen molar-refractivity contribution in [3.8, 4) is 5.75 Å². The van der Waals surface area contributed by atoms with Crippen molar-refractivity contribution in [2.45, 2.75) is 6.92 Å². The number of amides is 1. The summed E-state index contributed by atoms with van der Waals surface area (Å²) in [7, 11) is 1.51. The van der Waals surface area contributed by atoms with Crippen LogP contribution in [0.1, 0.15) is 48.6 Å². The number of hydrogen-bond donors (Lipinski definition) is 1. The molecule has 0 spiro atoms. The fourth-order valence-electron chi connectivity index (χ4n) is 4.02. The Bertz CT molecular complexity index is 1410. The summed E-state index contributed by atoms with van der Waals surface area (Å²) < 4.78 is 9.75. The van der Waals surface area contributed by atoms with Crippen LogP contribution >= 0.6 is 0 Å². The van der Waals surface area contributed by atoms with Gasteiger partial charge in [0.25, 0.3) is 0 Å². The lowest BCUT2D eigenvalue weighted by Gasteiger charge is -2.09. The van der Waals surface area contributed by atoms with Gasteiger partial charge in [-0.15, -0.1) is 0 Å². The van der Waals surface area contributed by atoms with E-state index in [9.17, 15) is 28.8 Å². The Labute approximate surface area is 216 Å². The van der Waals surface area contributed by atoms with Crippen LogP contribution in [0.3, 0.4) is 0 Å². The van der Waals surface area contributed by atoms with E-state index in [-0.39, 0.29) is 29.1 Å². The number of esters is 1. The highest BCUT2D eigenvalue weighted by molar-refractivity contribution is 6.36. The molecule has 2 aromatic heterocycles. The van der Waals surface area contributed by atoms with Crippen molar-refractivity contribution in [3.63, 3.8) is 0 Å². The van der Waals surface area contributed by atoms with Crippen molar-refractivity contribution in [1.29, 1.82) is 0 Å². The number of fused-ring (bicyclic) bond motifs is 2. The van der Waals surface area contributed by atoms with Gasteiger partial charge in [0.2, 0.25) is 17.5 Å². The molecular formula is C27H21N3O8. The number of pyridine rings is 2. The molecule has 0 bridgehead atoms. The summed E-state index contributed by atoms with van der Waals surface area (Å²) in [6.45, 7) is 1.76. The number of anilines is 1. The quantitative estimate of drug-likeness (QED) is 0.395. The van der Waals surface area contributed by atoms with Crippen LogP contribution in [0.2, 0.25) is 0 Å². The van der Waals surface area contributed by atoms with Crippen LogP contribution in [-0.4, -0.2) is 58.7 Å². The van der Waals surface area contributed by atoms with E-state index in [1.165, 1.54) is 31.6 Å². The maximum Gasteiger partial charge on any atom is 0.324 e. The number of ether oxygens (including phenoxy) is 2. The highest BCUT2D eigenvalue weighted by Crippen LogP contribution is 2.27. The second-order valence-corrected chi connectivity index (χ2v) is 8.10. The number of rotatable bonds is 5. The summed E-state index contributed by atoms with van der Waals surface area (Å²) in [5.74, 6) is -5.82. The van der Waals surface area contributed by atoms with Crippen LogP contribution in [0.5, 0.6) is 5.75 Å². The SMILES string of the molecule is CCOC(=O)C1C(=O)c2cccnc2C1=O.COc1cccc(NC(=O)C2C(=O)c3cccnc3C2=O)c1. The Morgan fingerprint density at radius 1 is 0.816 bits per heavy atom. The Kier molecular flexibility index (Phi) is 7.47. The summed E-state index contributed by atoms with van der Waals surface area (Å²) in [5.41, 5.74) is 0.960. The van der Waals surface area contributed by atoms with Gasteiger partial charge in [0.1, 0.15) is 17.1 Å². The molecule has 11 heteroatoms. The van der Waals surface area contributed by atoms with Crippen LogP contribution in [0.15, 0.2) is 60.9 Å². The predicted molar refractivity (Wildman–Crippen MR) is 131 cm³/mol. The van der Waals surface area contributed by atoms with E-state index in [1.54, 1.807) is 43.3 Å². The lowest BCUT2D eigenvalue weighted by Crippen LogP contribution is -2.31. The van der Waals surface area contributed by atoms with E-state index in [0.29, 0.717) is 11.4 Å². The maximum atomic E-state index is 12.3. The minimum atomic E-state index is -1.38. The summed E-state index contributed by atoms with van der Waals surface area (Å²) in [5, 5.41) is 2.57. The molecular weight excluding hydrogens is 494 g/mol. The maximum absolute atomic E-state index is 12.3. The second kappa shape index (κ2) is 10.9. The average Bonchev–Trinajstić information content (AvgIpc) is 3.34. The van der Waals surface area contributed by atoms with Gasteiger partial charge >= 0.3 is 5.97 Å². The largest absolute Gasteiger partial charge is 0.497 e. The predicted octanol–water partition coefficient (Wildman–Crippen LogP) is 2.36. The molecule has 1 N–H and O–H groups in total. The van der Waals surface area contributed by atoms with Crippen molar-refractivity contribution >= 4 is 40.7 Å². The Balaban J connectivity index is 0.000000186. The summed E-state index contributed by atoms with van der Waals surface area (Å²) in [6.07, 6.45) is 2.84. The number of carbonyl (C=O) groups excluding carboxylic acids is 6. The molecule has 2 atom stereocenters. The number of methoxy groups -OCH3 is 1. The third-order valence-corrected chi connectivity index (χ3v) is 5.78. The summed E-state index contributed by atoms with van der Waals surface area (Å²) in [6, 6.07) is 12.8. The number of aromatic nitrogens is 2. The fourth-order valence-corrected chi connectivity index (χ4v) is 4.02. The first-order chi connectivity index (χ1) is 18.3. The lowest BCUT2D eigenvalue weighted by atomic mass is 10.0. The Morgan fingerprint density at radius 2 is 1.39 bits per heavy atom. The minimum Gasteiger partial charge on any atom is -0.497 e. The molecule has 0 aliphatic heterocycles. The van der Waals surface area contributed by atoms with Gasteiger partial charge in [-0.1, -0.05) is 6.07 Å². The number of ketones is 4. The molecule has 2 aliphatic carbocycles. The van der Waals surface area contributed by atoms with Crippen molar-refractivity contribution < 1.29 is 38.2 Å². The van der Waals surface area contributed by atoms with E-state index in [1.807, 2.05) is 0 Å². The van der Waals surface area contributed by atoms with Gasteiger partial charge < -0.3 is 14.8 Å². The molecule has 0 saturated heterocycles. The van der Waals surface area contributed by atoms with Crippen molar-refractivity contribution in [2.24, 2.45) is 11.8 Å². The van der Waals surface area contributed by atoms with Crippen molar-refractivity contribution in [3.05, 3.63) is 83.4 Å². The highest BCUT2D eigenvalue weighted by atomic mass is 16.5. The first-order valence-electron chi connectivity index (χ1n) is 11.5. The number of carbonyl (C=O) groups is 6. The number of hydrogen-bond acceptors (Lipinski definition) is 10. The molecule has 0 saturated carbocycles.